The molecule has 0 radical (unpaired) electrons. The minimum atomic E-state index is 0. The summed E-state index contributed by atoms with van der Waals surface area (Å²) in [6.07, 6.45) is 6.04. The van der Waals surface area contributed by atoms with E-state index in [4.69, 9.17) is 0 Å². The van der Waals surface area contributed by atoms with Crippen LogP contribution in [0.25, 0.3) is 0 Å². The van der Waals surface area contributed by atoms with E-state index >= 15 is 0 Å². The summed E-state index contributed by atoms with van der Waals surface area (Å²) in [5.41, 5.74) is 8.30. The third kappa shape index (κ3) is 2.63. The standard InChI is InChI=1S/C15H25.Ir/c1-6-11-12(7-2)14(9-4)15(10-5)13(11)8-3;/h6-10H2,1-5H3;/q-1;+3. The minimum Gasteiger partial charge on any atom is -0.192 e. The molecule has 0 aliphatic heterocycles. The summed E-state index contributed by atoms with van der Waals surface area (Å²) in [7, 11) is 0. The van der Waals surface area contributed by atoms with Gasteiger partial charge < -0.3 is 0 Å². The smallest absolute Gasteiger partial charge is 0.192 e. The van der Waals surface area contributed by atoms with E-state index in [1.54, 1.807) is 27.8 Å². The summed E-state index contributed by atoms with van der Waals surface area (Å²) in [6.45, 7) is 11.5. The molecule has 0 saturated heterocycles. The fourth-order valence-corrected chi connectivity index (χ4v) is 3.04. The Morgan fingerprint density at radius 3 is 1.25 bits per heavy atom. The SMILES string of the molecule is CCc1c(CC)c(CC)[c-](CC)c1CC.[Ir+3]. The molecule has 0 bridgehead atoms. The number of hydrogen-bond donors (Lipinski definition) is 0. The van der Waals surface area contributed by atoms with Crippen molar-refractivity contribution in [2.75, 3.05) is 0 Å². The van der Waals surface area contributed by atoms with Crippen LogP contribution in [0.2, 0.25) is 0 Å². The Morgan fingerprint density at radius 1 is 0.688 bits per heavy atom. The quantitative estimate of drug-likeness (QED) is 0.653. The Morgan fingerprint density at radius 2 is 1.06 bits per heavy atom. The van der Waals surface area contributed by atoms with E-state index < -0.39 is 0 Å². The van der Waals surface area contributed by atoms with Crippen molar-refractivity contribution in [2.45, 2.75) is 66.7 Å². The van der Waals surface area contributed by atoms with Crippen LogP contribution in [0.5, 0.6) is 0 Å². The first-order valence-corrected chi connectivity index (χ1v) is 6.55. The molecule has 92 valence electrons. The molecule has 0 atom stereocenters. The van der Waals surface area contributed by atoms with Gasteiger partial charge in [0.25, 0.3) is 0 Å². The average molecular weight is 398 g/mol. The van der Waals surface area contributed by atoms with Crippen molar-refractivity contribution in [1.29, 1.82) is 0 Å². The van der Waals surface area contributed by atoms with Gasteiger partial charge in [-0.25, -0.2) is 0 Å². The average Bonchev–Trinajstić information content (AvgIpc) is 2.59. The first kappa shape index (κ1) is 16.0. The second kappa shape index (κ2) is 7.35. The fourth-order valence-electron chi connectivity index (χ4n) is 3.04. The third-order valence-electron chi connectivity index (χ3n) is 3.59. The number of hydrogen-bond acceptors (Lipinski definition) is 0. The molecule has 0 amide bonds. The van der Waals surface area contributed by atoms with E-state index in [-0.39, 0.29) is 20.1 Å². The molecule has 0 heterocycles. The van der Waals surface area contributed by atoms with E-state index in [2.05, 4.69) is 34.6 Å². The van der Waals surface area contributed by atoms with Crippen molar-refractivity contribution in [3.05, 3.63) is 27.8 Å². The van der Waals surface area contributed by atoms with Gasteiger partial charge in [0.2, 0.25) is 0 Å². The summed E-state index contributed by atoms with van der Waals surface area (Å²) in [5, 5.41) is 0. The van der Waals surface area contributed by atoms with Gasteiger partial charge in [0.05, 0.1) is 0 Å². The zero-order valence-electron chi connectivity index (χ0n) is 11.4. The van der Waals surface area contributed by atoms with Gasteiger partial charge in [-0.2, -0.15) is 27.8 Å². The maximum Gasteiger partial charge on any atom is 3.00 e. The van der Waals surface area contributed by atoms with Gasteiger partial charge in [-0.05, 0) is 0 Å². The summed E-state index contributed by atoms with van der Waals surface area (Å²) < 4.78 is 0. The summed E-state index contributed by atoms with van der Waals surface area (Å²) in [4.78, 5) is 0. The van der Waals surface area contributed by atoms with E-state index in [0.717, 1.165) is 0 Å². The van der Waals surface area contributed by atoms with E-state index in [9.17, 15) is 0 Å². The molecule has 0 unspecified atom stereocenters. The third-order valence-corrected chi connectivity index (χ3v) is 3.59. The first-order valence-electron chi connectivity index (χ1n) is 6.55. The molecule has 0 N–H and O–H groups in total. The van der Waals surface area contributed by atoms with Crippen molar-refractivity contribution in [1.82, 2.24) is 0 Å². The zero-order chi connectivity index (χ0) is 11.4. The van der Waals surface area contributed by atoms with Gasteiger partial charge >= 0.3 is 20.1 Å². The molecule has 0 aliphatic carbocycles. The summed E-state index contributed by atoms with van der Waals surface area (Å²) in [6, 6.07) is 0. The van der Waals surface area contributed by atoms with Crippen LogP contribution in [0.3, 0.4) is 0 Å². The second-order valence-electron chi connectivity index (χ2n) is 4.16. The van der Waals surface area contributed by atoms with Crippen molar-refractivity contribution < 1.29 is 20.1 Å². The van der Waals surface area contributed by atoms with Crippen molar-refractivity contribution in [3.8, 4) is 0 Å². The maximum absolute atomic E-state index is 2.30. The van der Waals surface area contributed by atoms with Crippen LogP contribution in [0, 0.1) is 0 Å². The zero-order valence-corrected chi connectivity index (χ0v) is 13.8. The van der Waals surface area contributed by atoms with Gasteiger partial charge in [0.1, 0.15) is 0 Å². The van der Waals surface area contributed by atoms with Crippen LogP contribution in [-0.4, -0.2) is 0 Å². The molecule has 1 aromatic carbocycles. The Bertz CT molecular complexity index is 229. The molecule has 0 fully saturated rings. The molecule has 0 aromatic heterocycles. The van der Waals surface area contributed by atoms with Crippen molar-refractivity contribution >= 4 is 0 Å². The monoisotopic (exact) mass is 398 g/mol. The van der Waals surface area contributed by atoms with Crippen LogP contribution < -0.4 is 0 Å². The van der Waals surface area contributed by atoms with Gasteiger partial charge in [0.15, 0.2) is 0 Å². The van der Waals surface area contributed by atoms with Crippen molar-refractivity contribution in [2.24, 2.45) is 0 Å². The van der Waals surface area contributed by atoms with Gasteiger partial charge in [0, 0.05) is 0 Å². The Balaban J connectivity index is 0.00000225. The van der Waals surface area contributed by atoms with Crippen LogP contribution in [0.15, 0.2) is 0 Å². The normalized spacial score (nSPS) is 10.3. The molecule has 16 heavy (non-hydrogen) atoms. The number of rotatable bonds is 5. The minimum absolute atomic E-state index is 0. The molecule has 0 saturated carbocycles. The second-order valence-corrected chi connectivity index (χ2v) is 4.16. The van der Waals surface area contributed by atoms with E-state index in [0.29, 0.717) is 0 Å². The molecule has 1 aromatic rings. The molecule has 0 aliphatic rings. The maximum atomic E-state index is 2.30. The molecular weight excluding hydrogens is 372 g/mol. The summed E-state index contributed by atoms with van der Waals surface area (Å²) >= 11 is 0. The molecule has 1 heteroatoms. The van der Waals surface area contributed by atoms with Crippen LogP contribution in [0.1, 0.15) is 62.4 Å². The largest absolute Gasteiger partial charge is 3.00 e. The van der Waals surface area contributed by atoms with Gasteiger partial charge in [-0.3, -0.25) is 0 Å². The van der Waals surface area contributed by atoms with Crippen LogP contribution in [0.4, 0.5) is 0 Å². The van der Waals surface area contributed by atoms with Crippen molar-refractivity contribution in [3.63, 3.8) is 0 Å². The Labute approximate surface area is 115 Å². The molecule has 0 spiro atoms. The molecule has 1 rings (SSSR count). The summed E-state index contributed by atoms with van der Waals surface area (Å²) in [5.74, 6) is 0. The van der Waals surface area contributed by atoms with E-state index in [1.165, 1.54) is 32.1 Å². The predicted octanol–water partition coefficient (Wildman–Crippen LogP) is 4.22. The molecular formula is C15H25Ir+2. The van der Waals surface area contributed by atoms with Crippen LogP contribution in [-0.2, 0) is 52.2 Å². The van der Waals surface area contributed by atoms with E-state index in [1.807, 2.05) is 0 Å². The van der Waals surface area contributed by atoms with Gasteiger partial charge in [-0.1, -0.05) is 66.7 Å². The Hall–Kier alpha value is -0.000649. The first-order chi connectivity index (χ1) is 7.24. The topological polar surface area (TPSA) is 0 Å². The van der Waals surface area contributed by atoms with Gasteiger partial charge in [-0.15, -0.1) is 0 Å². The van der Waals surface area contributed by atoms with Crippen LogP contribution >= 0.6 is 0 Å². The Kier molecular flexibility index (Phi) is 7.35. The predicted molar refractivity (Wildman–Crippen MR) is 68.9 cm³/mol. The fraction of sp³-hybridized carbons (Fsp3) is 0.667. The molecule has 0 nitrogen and oxygen atoms in total.